The van der Waals surface area contributed by atoms with Crippen molar-refractivity contribution in [2.24, 2.45) is 5.92 Å². The molecule has 0 bridgehead atoms. The van der Waals surface area contributed by atoms with Crippen LogP contribution >= 0.6 is 0 Å². The maximum Gasteiger partial charge on any atom is 0.263 e. The number of hydrogen-bond donors (Lipinski definition) is 1. The minimum absolute atomic E-state index is 0.233. The number of hydrogen-bond acceptors (Lipinski definition) is 5. The van der Waals surface area contributed by atoms with Crippen molar-refractivity contribution in [2.45, 2.75) is 38.5 Å². The van der Waals surface area contributed by atoms with Crippen LogP contribution < -0.4 is 14.4 Å². The highest BCUT2D eigenvalue weighted by Gasteiger charge is 2.20. The molecule has 1 aromatic heterocycles. The van der Waals surface area contributed by atoms with Crippen LogP contribution in [0, 0.1) is 19.8 Å². The van der Waals surface area contributed by atoms with Gasteiger partial charge in [-0.05, 0) is 68.0 Å². The van der Waals surface area contributed by atoms with Gasteiger partial charge in [0.2, 0.25) is 0 Å². The number of rotatable bonds is 5. The number of piperidine rings is 1. The second-order valence-corrected chi connectivity index (χ2v) is 8.94. The van der Waals surface area contributed by atoms with Gasteiger partial charge in [-0.1, -0.05) is 6.92 Å². The fourth-order valence-corrected chi connectivity index (χ4v) is 4.84. The number of methoxy groups -OCH3 is 1. The number of aryl methyl sites for hydroxylation is 2. The molecule has 2 heterocycles. The van der Waals surface area contributed by atoms with Gasteiger partial charge in [0.05, 0.1) is 23.9 Å². The molecule has 1 aliphatic rings. The summed E-state index contributed by atoms with van der Waals surface area (Å²) in [6.07, 6.45) is 4.16. The number of aromatic nitrogens is 1. The van der Waals surface area contributed by atoms with E-state index < -0.39 is 10.0 Å². The average molecular weight is 390 g/mol. The Balaban J connectivity index is 1.79. The van der Waals surface area contributed by atoms with Gasteiger partial charge in [0, 0.05) is 13.1 Å². The molecular formula is C20H27N3O3S. The van der Waals surface area contributed by atoms with Crippen molar-refractivity contribution < 1.29 is 13.2 Å². The molecule has 0 amide bonds. The molecule has 6 nitrogen and oxygen atoms in total. The van der Waals surface area contributed by atoms with Crippen LogP contribution in [0.2, 0.25) is 0 Å². The van der Waals surface area contributed by atoms with Crippen molar-refractivity contribution >= 4 is 21.5 Å². The van der Waals surface area contributed by atoms with Gasteiger partial charge in [0.1, 0.15) is 11.6 Å². The molecule has 0 radical (unpaired) electrons. The predicted molar refractivity (Wildman–Crippen MR) is 108 cm³/mol. The Morgan fingerprint density at radius 2 is 2.00 bits per heavy atom. The predicted octanol–water partition coefficient (Wildman–Crippen LogP) is 3.74. The van der Waals surface area contributed by atoms with Gasteiger partial charge in [-0.15, -0.1) is 0 Å². The summed E-state index contributed by atoms with van der Waals surface area (Å²) in [5.41, 5.74) is 2.43. The van der Waals surface area contributed by atoms with Gasteiger partial charge in [0.25, 0.3) is 10.0 Å². The molecule has 0 spiro atoms. The standard InChI is InChI=1S/C20H27N3O3S/c1-14-6-5-9-23(13-14)17-7-8-20(21-12-17)22-27(24,25)19-11-15(2)18(26-4)10-16(19)3/h7-8,10-12,14H,5-6,9,13H2,1-4H3,(H,21,22). The van der Waals surface area contributed by atoms with E-state index in [9.17, 15) is 8.42 Å². The molecule has 1 unspecified atom stereocenters. The minimum atomic E-state index is -3.72. The smallest absolute Gasteiger partial charge is 0.263 e. The number of benzene rings is 1. The first kappa shape index (κ1) is 19.5. The lowest BCUT2D eigenvalue weighted by Crippen LogP contribution is -2.34. The lowest BCUT2D eigenvalue weighted by atomic mass is 10.00. The van der Waals surface area contributed by atoms with Gasteiger partial charge < -0.3 is 9.64 Å². The fourth-order valence-electron chi connectivity index (χ4n) is 3.52. The van der Waals surface area contributed by atoms with Crippen molar-refractivity contribution in [1.82, 2.24) is 4.98 Å². The average Bonchev–Trinajstić information content (AvgIpc) is 2.63. The molecule has 7 heteroatoms. The van der Waals surface area contributed by atoms with Gasteiger partial charge in [-0.2, -0.15) is 0 Å². The van der Waals surface area contributed by atoms with E-state index in [2.05, 4.69) is 21.5 Å². The summed E-state index contributed by atoms with van der Waals surface area (Å²) in [6, 6.07) is 7.00. The van der Waals surface area contributed by atoms with Crippen LogP contribution in [0.4, 0.5) is 11.5 Å². The zero-order valence-electron chi connectivity index (χ0n) is 16.3. The Bertz CT molecular complexity index is 911. The summed E-state index contributed by atoms with van der Waals surface area (Å²) in [6.45, 7) is 7.86. The Kier molecular flexibility index (Phi) is 5.60. The number of ether oxygens (including phenoxy) is 1. The number of sulfonamides is 1. The van der Waals surface area contributed by atoms with Crippen LogP contribution in [-0.4, -0.2) is 33.6 Å². The second-order valence-electron chi connectivity index (χ2n) is 7.29. The first-order chi connectivity index (χ1) is 12.8. The van der Waals surface area contributed by atoms with E-state index in [1.807, 2.05) is 13.0 Å². The van der Waals surface area contributed by atoms with Crippen LogP contribution in [-0.2, 0) is 10.0 Å². The first-order valence-corrected chi connectivity index (χ1v) is 10.7. The van der Waals surface area contributed by atoms with Crippen molar-refractivity contribution in [3.63, 3.8) is 0 Å². The summed E-state index contributed by atoms with van der Waals surface area (Å²) in [5.74, 6) is 1.65. The molecular weight excluding hydrogens is 362 g/mol. The van der Waals surface area contributed by atoms with Crippen LogP contribution in [0.25, 0.3) is 0 Å². The lowest BCUT2D eigenvalue weighted by molar-refractivity contribution is 0.411. The molecule has 1 aromatic carbocycles. The van der Waals surface area contributed by atoms with Crippen LogP contribution in [0.5, 0.6) is 5.75 Å². The number of anilines is 2. The molecule has 1 fully saturated rings. The topological polar surface area (TPSA) is 71.5 Å². The molecule has 0 aliphatic carbocycles. The van der Waals surface area contributed by atoms with Crippen molar-refractivity contribution in [3.8, 4) is 5.75 Å². The molecule has 2 aromatic rings. The van der Waals surface area contributed by atoms with E-state index in [0.29, 0.717) is 23.0 Å². The van der Waals surface area contributed by atoms with Crippen molar-refractivity contribution in [2.75, 3.05) is 29.8 Å². The summed E-state index contributed by atoms with van der Waals surface area (Å²) >= 11 is 0. The first-order valence-electron chi connectivity index (χ1n) is 9.19. The van der Waals surface area contributed by atoms with Crippen LogP contribution in [0.15, 0.2) is 35.4 Å². The highest BCUT2D eigenvalue weighted by Crippen LogP contribution is 2.27. The summed E-state index contributed by atoms with van der Waals surface area (Å²) in [5, 5.41) is 0. The summed E-state index contributed by atoms with van der Waals surface area (Å²) < 4.78 is 33.4. The van der Waals surface area contributed by atoms with Crippen molar-refractivity contribution in [1.29, 1.82) is 0 Å². The molecule has 1 atom stereocenters. The van der Waals surface area contributed by atoms with E-state index in [1.54, 1.807) is 38.4 Å². The molecule has 1 saturated heterocycles. The lowest BCUT2D eigenvalue weighted by Gasteiger charge is -2.32. The molecule has 1 aliphatic heterocycles. The zero-order valence-corrected chi connectivity index (χ0v) is 17.1. The molecule has 1 N–H and O–H groups in total. The molecule has 3 rings (SSSR count). The van der Waals surface area contributed by atoms with E-state index in [0.717, 1.165) is 24.3 Å². The van der Waals surface area contributed by atoms with Crippen LogP contribution in [0.1, 0.15) is 30.9 Å². The SMILES string of the molecule is COc1cc(C)c(S(=O)(=O)Nc2ccc(N3CCCC(C)C3)cn2)cc1C. The van der Waals surface area contributed by atoms with E-state index >= 15 is 0 Å². The summed E-state index contributed by atoms with van der Waals surface area (Å²) in [4.78, 5) is 6.85. The Labute approximate surface area is 161 Å². The normalized spacial score (nSPS) is 17.6. The quantitative estimate of drug-likeness (QED) is 0.843. The molecule has 27 heavy (non-hydrogen) atoms. The third-order valence-corrected chi connectivity index (χ3v) is 6.49. The van der Waals surface area contributed by atoms with E-state index in [1.165, 1.54) is 12.8 Å². The Morgan fingerprint density at radius 3 is 2.63 bits per heavy atom. The third kappa shape index (κ3) is 4.35. The zero-order chi connectivity index (χ0) is 19.6. The van der Waals surface area contributed by atoms with Gasteiger partial charge in [-0.25, -0.2) is 13.4 Å². The highest BCUT2D eigenvalue weighted by atomic mass is 32.2. The number of nitrogens with zero attached hydrogens (tertiary/aromatic N) is 2. The van der Waals surface area contributed by atoms with Gasteiger partial charge in [-0.3, -0.25) is 4.72 Å². The Morgan fingerprint density at radius 1 is 1.22 bits per heavy atom. The summed E-state index contributed by atoms with van der Waals surface area (Å²) in [7, 11) is -2.15. The monoisotopic (exact) mass is 389 g/mol. The second kappa shape index (κ2) is 7.76. The maximum absolute atomic E-state index is 12.8. The fraction of sp³-hybridized carbons (Fsp3) is 0.450. The van der Waals surface area contributed by atoms with Crippen LogP contribution in [0.3, 0.4) is 0 Å². The largest absolute Gasteiger partial charge is 0.496 e. The maximum atomic E-state index is 12.8. The Hall–Kier alpha value is -2.28. The number of pyridine rings is 1. The highest BCUT2D eigenvalue weighted by molar-refractivity contribution is 7.92. The van der Waals surface area contributed by atoms with E-state index in [4.69, 9.17) is 4.74 Å². The third-order valence-electron chi connectivity index (χ3n) is 4.99. The van der Waals surface area contributed by atoms with Crippen molar-refractivity contribution in [3.05, 3.63) is 41.6 Å². The van der Waals surface area contributed by atoms with Gasteiger partial charge in [0.15, 0.2) is 0 Å². The molecule has 146 valence electrons. The molecule has 0 saturated carbocycles. The minimum Gasteiger partial charge on any atom is -0.496 e. The van der Waals surface area contributed by atoms with E-state index in [-0.39, 0.29) is 4.90 Å². The number of nitrogens with one attached hydrogen (secondary N) is 1. The van der Waals surface area contributed by atoms with Gasteiger partial charge >= 0.3 is 0 Å².